The second-order valence-corrected chi connectivity index (χ2v) is 6.39. The average molecular weight is 335 g/mol. The molecule has 6 nitrogen and oxygen atoms in total. The van der Waals surface area contributed by atoms with E-state index < -0.39 is 0 Å². The van der Waals surface area contributed by atoms with Crippen LogP contribution in [0.3, 0.4) is 0 Å². The number of aromatic nitrogens is 2. The molecule has 1 aromatic carbocycles. The fourth-order valence-corrected chi connectivity index (χ4v) is 1.85. The highest BCUT2D eigenvalue weighted by atomic mass is 35.5. The molecule has 1 aromatic heterocycles. The van der Waals surface area contributed by atoms with Crippen LogP contribution in [0.15, 0.2) is 36.7 Å². The van der Waals surface area contributed by atoms with Crippen molar-refractivity contribution in [3.8, 4) is 5.88 Å². The first kappa shape index (κ1) is 17.0. The van der Waals surface area contributed by atoms with Crippen molar-refractivity contribution < 1.29 is 9.53 Å². The van der Waals surface area contributed by atoms with Crippen LogP contribution in [0.4, 0.5) is 10.6 Å². The average Bonchev–Trinajstić information content (AvgIpc) is 2.46. The summed E-state index contributed by atoms with van der Waals surface area (Å²) in [4.78, 5) is 20.1. The van der Waals surface area contributed by atoms with Crippen LogP contribution in [0, 0.1) is 0 Å². The maximum Gasteiger partial charge on any atom is 0.320 e. The number of anilines is 1. The lowest BCUT2D eigenvalue weighted by Crippen LogP contribution is -2.43. The second kappa shape index (κ2) is 7.28. The molecule has 122 valence electrons. The zero-order valence-corrected chi connectivity index (χ0v) is 14.0. The molecular weight excluding hydrogens is 316 g/mol. The fourth-order valence-electron chi connectivity index (χ4n) is 1.73. The number of hydrogen-bond acceptors (Lipinski definition) is 4. The Kier molecular flexibility index (Phi) is 5.39. The summed E-state index contributed by atoms with van der Waals surface area (Å²) in [6, 6.07) is 6.92. The van der Waals surface area contributed by atoms with E-state index in [4.69, 9.17) is 16.3 Å². The molecule has 2 rings (SSSR count). The Morgan fingerprint density at radius 3 is 2.48 bits per heavy atom. The molecular formula is C16H19ClN4O2. The molecule has 0 saturated heterocycles. The lowest BCUT2D eigenvalue weighted by atomic mass is 10.1. The van der Waals surface area contributed by atoms with Crippen molar-refractivity contribution in [2.24, 2.45) is 0 Å². The molecule has 0 aliphatic carbocycles. The van der Waals surface area contributed by atoms with Gasteiger partial charge in [-0.2, -0.15) is 0 Å². The Labute approximate surface area is 140 Å². The van der Waals surface area contributed by atoms with Gasteiger partial charge in [-0.15, -0.1) is 0 Å². The van der Waals surface area contributed by atoms with E-state index in [0.717, 1.165) is 5.56 Å². The van der Waals surface area contributed by atoms with Gasteiger partial charge in [-0.3, -0.25) is 5.32 Å². The Morgan fingerprint density at radius 1 is 1.17 bits per heavy atom. The summed E-state index contributed by atoms with van der Waals surface area (Å²) in [5.74, 6) is 0.523. The zero-order chi connectivity index (χ0) is 16.9. The van der Waals surface area contributed by atoms with Crippen LogP contribution < -0.4 is 15.4 Å². The molecule has 0 spiro atoms. The Bertz CT molecular complexity index is 669. The molecule has 2 aromatic rings. The van der Waals surface area contributed by atoms with Crippen LogP contribution in [0.1, 0.15) is 26.3 Å². The molecule has 1 heterocycles. The Hall–Kier alpha value is -2.34. The van der Waals surface area contributed by atoms with Gasteiger partial charge in [0.2, 0.25) is 0 Å². The molecule has 0 unspecified atom stereocenters. The molecule has 0 atom stereocenters. The SMILES string of the molecule is CC(C)(C)NC(=O)Nc1nccnc1OCc1ccc(Cl)cc1. The fraction of sp³-hybridized carbons (Fsp3) is 0.312. The van der Waals surface area contributed by atoms with Gasteiger partial charge in [-0.05, 0) is 38.5 Å². The van der Waals surface area contributed by atoms with E-state index in [0.29, 0.717) is 11.6 Å². The second-order valence-electron chi connectivity index (χ2n) is 5.95. The lowest BCUT2D eigenvalue weighted by molar-refractivity contribution is 0.243. The van der Waals surface area contributed by atoms with Gasteiger partial charge in [0.1, 0.15) is 6.61 Å². The van der Waals surface area contributed by atoms with E-state index in [1.54, 1.807) is 12.1 Å². The van der Waals surface area contributed by atoms with E-state index in [1.165, 1.54) is 12.4 Å². The van der Waals surface area contributed by atoms with Crippen molar-refractivity contribution >= 4 is 23.4 Å². The molecule has 7 heteroatoms. The van der Waals surface area contributed by atoms with Crippen LogP contribution >= 0.6 is 11.6 Å². The summed E-state index contributed by atoms with van der Waals surface area (Å²) >= 11 is 5.85. The van der Waals surface area contributed by atoms with Crippen molar-refractivity contribution in [3.05, 3.63) is 47.2 Å². The monoisotopic (exact) mass is 334 g/mol. The number of halogens is 1. The van der Waals surface area contributed by atoms with Crippen LogP contribution in [-0.2, 0) is 6.61 Å². The summed E-state index contributed by atoms with van der Waals surface area (Å²) in [5.41, 5.74) is 0.585. The zero-order valence-electron chi connectivity index (χ0n) is 13.3. The third-order valence-corrected chi connectivity index (χ3v) is 2.93. The molecule has 2 N–H and O–H groups in total. The molecule has 0 saturated carbocycles. The smallest absolute Gasteiger partial charge is 0.320 e. The van der Waals surface area contributed by atoms with Crippen LogP contribution in [0.5, 0.6) is 5.88 Å². The largest absolute Gasteiger partial charge is 0.470 e. The number of nitrogens with zero attached hydrogens (tertiary/aromatic N) is 2. The molecule has 0 radical (unpaired) electrons. The first-order chi connectivity index (χ1) is 10.8. The number of benzene rings is 1. The summed E-state index contributed by atoms with van der Waals surface area (Å²) in [6.07, 6.45) is 2.99. The molecule has 0 bridgehead atoms. The first-order valence-electron chi connectivity index (χ1n) is 7.11. The molecule has 0 aliphatic heterocycles. The van der Waals surface area contributed by atoms with Crippen molar-refractivity contribution in [1.29, 1.82) is 0 Å². The predicted molar refractivity (Wildman–Crippen MR) is 89.7 cm³/mol. The summed E-state index contributed by atoms with van der Waals surface area (Å²) in [7, 11) is 0. The Balaban J connectivity index is 2.02. The van der Waals surface area contributed by atoms with Crippen LogP contribution in [0.25, 0.3) is 0 Å². The highest BCUT2D eigenvalue weighted by molar-refractivity contribution is 6.30. The first-order valence-corrected chi connectivity index (χ1v) is 7.49. The Morgan fingerprint density at radius 2 is 1.83 bits per heavy atom. The van der Waals surface area contributed by atoms with Gasteiger partial charge in [0, 0.05) is 23.0 Å². The van der Waals surface area contributed by atoms with Gasteiger partial charge in [0.15, 0.2) is 5.82 Å². The number of ether oxygens (including phenoxy) is 1. The maximum atomic E-state index is 11.9. The van der Waals surface area contributed by atoms with E-state index in [9.17, 15) is 4.79 Å². The summed E-state index contributed by atoms with van der Waals surface area (Å²) in [5, 5.41) is 6.09. The number of carbonyl (C=O) groups excluding carboxylic acids is 1. The maximum absolute atomic E-state index is 11.9. The predicted octanol–water partition coefficient (Wildman–Crippen LogP) is 3.63. The normalized spacial score (nSPS) is 11.0. The van der Waals surface area contributed by atoms with Gasteiger partial charge in [0.05, 0.1) is 0 Å². The number of amides is 2. The number of urea groups is 1. The molecule has 0 fully saturated rings. The molecule has 23 heavy (non-hydrogen) atoms. The standard InChI is InChI=1S/C16H19ClN4O2/c1-16(2,3)21-15(22)20-13-14(19-9-8-18-13)23-10-11-4-6-12(17)7-5-11/h4-9H,10H2,1-3H3,(H2,18,20,21,22). The van der Waals surface area contributed by atoms with Crippen molar-refractivity contribution in [3.63, 3.8) is 0 Å². The third kappa shape index (κ3) is 5.75. The molecule has 0 aliphatic rings. The van der Waals surface area contributed by atoms with E-state index in [-0.39, 0.29) is 23.3 Å². The van der Waals surface area contributed by atoms with Crippen molar-refractivity contribution in [2.75, 3.05) is 5.32 Å². The van der Waals surface area contributed by atoms with E-state index in [2.05, 4.69) is 20.6 Å². The number of rotatable bonds is 4. The minimum absolute atomic E-state index is 0.256. The summed E-state index contributed by atoms with van der Waals surface area (Å²) < 4.78 is 5.63. The number of hydrogen-bond donors (Lipinski definition) is 2. The quantitative estimate of drug-likeness (QED) is 0.895. The third-order valence-electron chi connectivity index (χ3n) is 2.67. The number of nitrogens with one attached hydrogen (secondary N) is 2. The van der Waals surface area contributed by atoms with Gasteiger partial charge in [-0.1, -0.05) is 23.7 Å². The van der Waals surface area contributed by atoms with Crippen molar-refractivity contribution in [1.82, 2.24) is 15.3 Å². The lowest BCUT2D eigenvalue weighted by Gasteiger charge is -2.20. The van der Waals surface area contributed by atoms with E-state index >= 15 is 0 Å². The minimum atomic E-state index is -0.366. The highest BCUT2D eigenvalue weighted by Gasteiger charge is 2.16. The van der Waals surface area contributed by atoms with Crippen LogP contribution in [0.2, 0.25) is 5.02 Å². The highest BCUT2D eigenvalue weighted by Crippen LogP contribution is 2.19. The summed E-state index contributed by atoms with van der Waals surface area (Å²) in [6.45, 7) is 5.97. The van der Waals surface area contributed by atoms with Crippen molar-refractivity contribution in [2.45, 2.75) is 32.9 Å². The van der Waals surface area contributed by atoms with Gasteiger partial charge in [-0.25, -0.2) is 14.8 Å². The topological polar surface area (TPSA) is 76.1 Å². The van der Waals surface area contributed by atoms with Gasteiger partial charge >= 0.3 is 6.03 Å². The van der Waals surface area contributed by atoms with E-state index in [1.807, 2.05) is 32.9 Å². The van der Waals surface area contributed by atoms with Gasteiger partial charge in [0.25, 0.3) is 5.88 Å². The minimum Gasteiger partial charge on any atom is -0.470 e. The van der Waals surface area contributed by atoms with Gasteiger partial charge < -0.3 is 10.1 Å². The number of carbonyl (C=O) groups is 1. The molecule has 2 amide bonds. The van der Waals surface area contributed by atoms with Crippen LogP contribution in [-0.4, -0.2) is 21.5 Å².